The molecule has 2 amide bonds. The van der Waals surface area contributed by atoms with E-state index in [9.17, 15) is 9.59 Å². The SMILES string of the molecule is CCCCCCCCCCC=CCCCCCCCC/C=C\CCCCCCCCC(CC(N)=O)C(N)=O. The lowest BCUT2D eigenvalue weighted by Gasteiger charge is -2.10. The van der Waals surface area contributed by atoms with Gasteiger partial charge in [0.1, 0.15) is 0 Å². The van der Waals surface area contributed by atoms with Crippen molar-refractivity contribution in [2.24, 2.45) is 17.4 Å². The molecule has 0 aromatic carbocycles. The fourth-order valence-corrected chi connectivity index (χ4v) is 5.05. The van der Waals surface area contributed by atoms with Gasteiger partial charge in [0.25, 0.3) is 0 Å². The topological polar surface area (TPSA) is 86.2 Å². The summed E-state index contributed by atoms with van der Waals surface area (Å²) in [5.41, 5.74) is 10.5. The summed E-state index contributed by atoms with van der Waals surface area (Å²) in [5.74, 6) is -1.24. The van der Waals surface area contributed by atoms with Crippen molar-refractivity contribution in [2.75, 3.05) is 0 Å². The summed E-state index contributed by atoms with van der Waals surface area (Å²) in [6.45, 7) is 2.29. The monoisotopic (exact) mass is 532 g/mol. The standard InChI is InChI=1S/C34H64N2O2/c1-2-3-4-5-6-7-8-9-10-11-12-13-14-15-16-17-18-19-20-21-22-23-24-25-26-27-28-29-30-32(34(36)38)31-33(35)37/h11-12,21-22,32H,2-10,13-20,23-31H2,1H3,(H2,35,37)(H2,36,38)/b12-11?,22-21-. The molecule has 0 saturated heterocycles. The average Bonchev–Trinajstić information content (AvgIpc) is 2.89. The third-order valence-electron chi connectivity index (χ3n) is 7.57. The highest BCUT2D eigenvalue weighted by atomic mass is 16.2. The average molecular weight is 533 g/mol. The molecule has 0 heterocycles. The lowest BCUT2D eigenvalue weighted by atomic mass is 9.96. The number of hydrogen-bond donors (Lipinski definition) is 2. The summed E-state index contributed by atoms with van der Waals surface area (Å²) in [5, 5.41) is 0. The van der Waals surface area contributed by atoms with Gasteiger partial charge in [-0.25, -0.2) is 0 Å². The highest BCUT2D eigenvalue weighted by Gasteiger charge is 2.17. The fourth-order valence-electron chi connectivity index (χ4n) is 5.05. The Bertz CT molecular complexity index is 585. The molecule has 4 N–H and O–H groups in total. The maximum absolute atomic E-state index is 11.3. The van der Waals surface area contributed by atoms with E-state index < -0.39 is 11.8 Å². The van der Waals surface area contributed by atoms with E-state index in [0.717, 1.165) is 12.8 Å². The van der Waals surface area contributed by atoms with Gasteiger partial charge in [0.15, 0.2) is 0 Å². The Balaban J connectivity index is 3.28. The maximum atomic E-state index is 11.3. The van der Waals surface area contributed by atoms with Crippen LogP contribution in [0.2, 0.25) is 0 Å². The number of carbonyl (C=O) groups is 2. The van der Waals surface area contributed by atoms with Crippen LogP contribution in [0.5, 0.6) is 0 Å². The molecule has 0 aromatic heterocycles. The molecule has 0 bridgehead atoms. The highest BCUT2D eigenvalue weighted by molar-refractivity contribution is 5.83. The van der Waals surface area contributed by atoms with Crippen LogP contribution in [-0.4, -0.2) is 11.8 Å². The van der Waals surface area contributed by atoms with Crippen molar-refractivity contribution >= 4 is 11.8 Å². The van der Waals surface area contributed by atoms with Crippen LogP contribution in [0.25, 0.3) is 0 Å². The predicted molar refractivity (Wildman–Crippen MR) is 166 cm³/mol. The highest BCUT2D eigenvalue weighted by Crippen LogP contribution is 2.16. The van der Waals surface area contributed by atoms with E-state index in [0.29, 0.717) is 6.42 Å². The zero-order valence-electron chi connectivity index (χ0n) is 25.2. The van der Waals surface area contributed by atoms with Crippen LogP contribution in [0, 0.1) is 5.92 Å². The van der Waals surface area contributed by atoms with Crippen LogP contribution in [0.1, 0.15) is 174 Å². The smallest absolute Gasteiger partial charge is 0.221 e. The molecule has 0 spiro atoms. The first-order chi connectivity index (χ1) is 18.6. The Morgan fingerprint density at radius 2 is 0.816 bits per heavy atom. The van der Waals surface area contributed by atoms with Gasteiger partial charge in [0.05, 0.1) is 0 Å². The predicted octanol–water partition coefficient (Wildman–Crippen LogP) is 9.85. The summed E-state index contributed by atoms with van der Waals surface area (Å²) >= 11 is 0. The zero-order chi connectivity index (χ0) is 27.9. The first-order valence-corrected chi connectivity index (χ1v) is 16.5. The second-order valence-corrected chi connectivity index (χ2v) is 11.4. The van der Waals surface area contributed by atoms with E-state index in [1.165, 1.54) is 141 Å². The molecule has 1 atom stereocenters. The molecule has 222 valence electrons. The number of allylic oxidation sites excluding steroid dienone is 4. The minimum atomic E-state index is -0.445. The van der Waals surface area contributed by atoms with Gasteiger partial charge in [-0.15, -0.1) is 0 Å². The first-order valence-electron chi connectivity index (χ1n) is 16.5. The third-order valence-corrected chi connectivity index (χ3v) is 7.57. The number of unbranched alkanes of at least 4 members (excludes halogenated alkanes) is 21. The van der Waals surface area contributed by atoms with Crippen molar-refractivity contribution in [3.05, 3.63) is 24.3 Å². The second kappa shape index (κ2) is 30.0. The van der Waals surface area contributed by atoms with E-state index in [1.54, 1.807) is 0 Å². The van der Waals surface area contributed by atoms with Crippen LogP contribution in [0.15, 0.2) is 24.3 Å². The molecule has 0 radical (unpaired) electrons. The minimum absolute atomic E-state index is 0.0823. The molecule has 0 aliphatic rings. The maximum Gasteiger partial charge on any atom is 0.221 e. The van der Waals surface area contributed by atoms with Crippen molar-refractivity contribution in [1.82, 2.24) is 0 Å². The quantitative estimate of drug-likeness (QED) is 0.0712. The normalized spacial score (nSPS) is 12.6. The van der Waals surface area contributed by atoms with E-state index in [-0.39, 0.29) is 12.3 Å². The molecular formula is C34H64N2O2. The lowest BCUT2D eigenvalue weighted by Crippen LogP contribution is -2.28. The lowest BCUT2D eigenvalue weighted by molar-refractivity contribution is -0.127. The second-order valence-electron chi connectivity index (χ2n) is 11.4. The van der Waals surface area contributed by atoms with Gasteiger partial charge in [-0.3, -0.25) is 9.59 Å². The number of rotatable bonds is 30. The Morgan fingerprint density at radius 3 is 1.13 bits per heavy atom. The zero-order valence-corrected chi connectivity index (χ0v) is 25.2. The number of carbonyl (C=O) groups excluding carboxylic acids is 2. The van der Waals surface area contributed by atoms with Gasteiger partial charge in [0.2, 0.25) is 11.8 Å². The minimum Gasteiger partial charge on any atom is -0.370 e. The van der Waals surface area contributed by atoms with Crippen molar-refractivity contribution < 1.29 is 9.59 Å². The summed E-state index contributed by atoms with van der Waals surface area (Å²) < 4.78 is 0. The Morgan fingerprint density at radius 1 is 0.500 bits per heavy atom. The fraction of sp³-hybridized carbons (Fsp3) is 0.824. The molecule has 1 unspecified atom stereocenters. The molecule has 0 aliphatic heterocycles. The Labute approximate surface area is 236 Å². The summed E-state index contributed by atoms with van der Waals surface area (Å²) in [6, 6.07) is 0. The van der Waals surface area contributed by atoms with Gasteiger partial charge < -0.3 is 11.5 Å². The van der Waals surface area contributed by atoms with Gasteiger partial charge in [-0.05, 0) is 57.8 Å². The number of amides is 2. The molecule has 0 fully saturated rings. The Hall–Kier alpha value is -1.58. The number of hydrogen-bond acceptors (Lipinski definition) is 2. The van der Waals surface area contributed by atoms with Gasteiger partial charge in [-0.1, -0.05) is 134 Å². The van der Waals surface area contributed by atoms with Crippen LogP contribution in [-0.2, 0) is 9.59 Å². The van der Waals surface area contributed by atoms with E-state index in [4.69, 9.17) is 11.5 Å². The van der Waals surface area contributed by atoms with Crippen LogP contribution in [0.3, 0.4) is 0 Å². The summed E-state index contributed by atoms with van der Waals surface area (Å²) in [4.78, 5) is 22.3. The van der Waals surface area contributed by atoms with Gasteiger partial charge >= 0.3 is 0 Å². The summed E-state index contributed by atoms with van der Waals surface area (Å²) in [7, 11) is 0. The van der Waals surface area contributed by atoms with Gasteiger partial charge in [0, 0.05) is 12.3 Å². The van der Waals surface area contributed by atoms with Crippen molar-refractivity contribution in [3.8, 4) is 0 Å². The molecular weight excluding hydrogens is 468 g/mol. The molecule has 0 rings (SSSR count). The van der Waals surface area contributed by atoms with Gasteiger partial charge in [-0.2, -0.15) is 0 Å². The molecule has 0 aromatic rings. The van der Waals surface area contributed by atoms with Crippen LogP contribution in [0.4, 0.5) is 0 Å². The molecule has 38 heavy (non-hydrogen) atoms. The summed E-state index contributed by atoms with van der Waals surface area (Å²) in [6.07, 6.45) is 41.8. The van der Waals surface area contributed by atoms with E-state index >= 15 is 0 Å². The molecule has 0 aliphatic carbocycles. The van der Waals surface area contributed by atoms with Crippen molar-refractivity contribution in [2.45, 2.75) is 174 Å². The molecule has 0 saturated carbocycles. The molecule has 4 nitrogen and oxygen atoms in total. The van der Waals surface area contributed by atoms with Crippen molar-refractivity contribution in [3.63, 3.8) is 0 Å². The van der Waals surface area contributed by atoms with Crippen molar-refractivity contribution in [1.29, 1.82) is 0 Å². The molecule has 4 heteroatoms. The first kappa shape index (κ1) is 36.4. The van der Waals surface area contributed by atoms with E-state index in [2.05, 4.69) is 31.2 Å². The van der Waals surface area contributed by atoms with Crippen LogP contribution >= 0.6 is 0 Å². The largest absolute Gasteiger partial charge is 0.370 e. The Kier molecular flexibility index (Phi) is 28.7. The van der Waals surface area contributed by atoms with Crippen LogP contribution < -0.4 is 11.5 Å². The third kappa shape index (κ3) is 29.0. The number of primary amides is 2. The number of nitrogens with two attached hydrogens (primary N) is 2. The van der Waals surface area contributed by atoms with E-state index in [1.807, 2.05) is 0 Å².